The van der Waals surface area contributed by atoms with Crippen LogP contribution in [0.3, 0.4) is 0 Å². The Kier molecular flexibility index (Phi) is 4.55. The van der Waals surface area contributed by atoms with Gasteiger partial charge >= 0.3 is 0 Å². The van der Waals surface area contributed by atoms with E-state index in [1.54, 1.807) is 0 Å². The van der Waals surface area contributed by atoms with Gasteiger partial charge < -0.3 is 4.74 Å². The summed E-state index contributed by atoms with van der Waals surface area (Å²) in [7, 11) is 0. The second-order valence-electron chi connectivity index (χ2n) is 3.99. The molecule has 1 unspecified atom stereocenters. The molecular formula is C13H18OS. The van der Waals surface area contributed by atoms with E-state index in [9.17, 15) is 0 Å². The summed E-state index contributed by atoms with van der Waals surface area (Å²) in [6.07, 6.45) is 4.10. The van der Waals surface area contributed by atoms with Gasteiger partial charge in [0, 0.05) is 5.25 Å². The van der Waals surface area contributed by atoms with Crippen molar-refractivity contribution in [1.82, 2.24) is 0 Å². The first-order chi connectivity index (χ1) is 7.45. The molecule has 0 amide bonds. The average molecular weight is 222 g/mol. The summed E-state index contributed by atoms with van der Waals surface area (Å²) < 4.78 is 5.74. The van der Waals surface area contributed by atoms with E-state index in [0.717, 1.165) is 18.5 Å². The number of rotatable bonds is 4. The van der Waals surface area contributed by atoms with Crippen LogP contribution >= 0.6 is 11.8 Å². The first-order valence-corrected chi connectivity index (χ1v) is 6.73. The van der Waals surface area contributed by atoms with Gasteiger partial charge in [0.1, 0.15) is 0 Å². The van der Waals surface area contributed by atoms with Crippen molar-refractivity contribution in [3.05, 3.63) is 35.9 Å². The molecule has 0 bridgehead atoms. The third kappa shape index (κ3) is 3.88. The highest BCUT2D eigenvalue weighted by Gasteiger charge is 2.13. The number of thioether (sulfide) groups is 1. The maximum absolute atomic E-state index is 5.74. The lowest BCUT2D eigenvalue weighted by atomic mass is 10.2. The summed E-state index contributed by atoms with van der Waals surface area (Å²) in [6.45, 7) is 1.68. The predicted molar refractivity (Wildman–Crippen MR) is 66.2 cm³/mol. The monoisotopic (exact) mass is 222 g/mol. The van der Waals surface area contributed by atoms with Crippen LogP contribution in [0, 0.1) is 0 Å². The molecule has 2 rings (SSSR count). The van der Waals surface area contributed by atoms with Crippen molar-refractivity contribution in [1.29, 1.82) is 0 Å². The summed E-state index contributed by atoms with van der Waals surface area (Å²) in [5, 5.41) is 0.738. The third-order valence-electron chi connectivity index (χ3n) is 2.69. The van der Waals surface area contributed by atoms with E-state index in [4.69, 9.17) is 4.74 Å². The van der Waals surface area contributed by atoms with Crippen molar-refractivity contribution in [2.75, 3.05) is 12.4 Å². The van der Waals surface area contributed by atoms with Crippen molar-refractivity contribution in [3.8, 4) is 0 Å². The molecular weight excluding hydrogens is 204 g/mol. The van der Waals surface area contributed by atoms with Gasteiger partial charge in [-0.3, -0.25) is 0 Å². The minimum atomic E-state index is 0.738. The Morgan fingerprint density at radius 2 is 2.07 bits per heavy atom. The Morgan fingerprint density at radius 1 is 1.20 bits per heavy atom. The Balaban J connectivity index is 1.66. The van der Waals surface area contributed by atoms with Crippen LogP contribution in [0.1, 0.15) is 24.8 Å². The number of hydrogen-bond donors (Lipinski definition) is 0. The van der Waals surface area contributed by atoms with Crippen molar-refractivity contribution in [2.24, 2.45) is 0 Å². The molecule has 1 fully saturated rings. The quantitative estimate of drug-likeness (QED) is 0.771. The molecule has 2 heteroatoms. The van der Waals surface area contributed by atoms with Gasteiger partial charge in [0.15, 0.2) is 0 Å². The Morgan fingerprint density at radius 3 is 2.80 bits per heavy atom. The van der Waals surface area contributed by atoms with E-state index in [1.807, 2.05) is 6.07 Å². The van der Waals surface area contributed by atoms with E-state index >= 15 is 0 Å². The predicted octanol–water partition coefficient (Wildman–Crippen LogP) is 3.49. The van der Waals surface area contributed by atoms with Gasteiger partial charge in [0.05, 0.1) is 13.2 Å². The zero-order chi connectivity index (χ0) is 10.3. The highest BCUT2D eigenvalue weighted by atomic mass is 32.2. The zero-order valence-electron chi connectivity index (χ0n) is 9.02. The highest BCUT2D eigenvalue weighted by molar-refractivity contribution is 7.99. The largest absolute Gasteiger partial charge is 0.376 e. The van der Waals surface area contributed by atoms with Crippen molar-refractivity contribution < 1.29 is 4.74 Å². The fraction of sp³-hybridized carbons (Fsp3) is 0.538. The van der Waals surface area contributed by atoms with Crippen molar-refractivity contribution >= 4 is 11.8 Å². The molecule has 15 heavy (non-hydrogen) atoms. The summed E-state index contributed by atoms with van der Waals surface area (Å²) >= 11 is 2.07. The average Bonchev–Trinajstić information content (AvgIpc) is 2.32. The van der Waals surface area contributed by atoms with Gasteiger partial charge in [-0.2, -0.15) is 11.8 Å². The van der Waals surface area contributed by atoms with E-state index in [-0.39, 0.29) is 0 Å². The van der Waals surface area contributed by atoms with E-state index in [2.05, 4.69) is 36.0 Å². The highest BCUT2D eigenvalue weighted by Crippen LogP contribution is 2.25. The lowest BCUT2D eigenvalue weighted by Crippen LogP contribution is -2.16. The Bertz CT molecular complexity index is 267. The minimum Gasteiger partial charge on any atom is -0.376 e. The molecule has 82 valence electrons. The van der Waals surface area contributed by atoms with Crippen LogP contribution < -0.4 is 0 Å². The maximum atomic E-state index is 5.74. The molecule has 1 aliphatic heterocycles. The van der Waals surface area contributed by atoms with Gasteiger partial charge in [-0.15, -0.1) is 0 Å². The second-order valence-corrected chi connectivity index (χ2v) is 5.40. The van der Waals surface area contributed by atoms with Crippen LogP contribution in [-0.4, -0.2) is 17.6 Å². The van der Waals surface area contributed by atoms with Gasteiger partial charge in [0.25, 0.3) is 0 Å². The summed E-state index contributed by atoms with van der Waals surface area (Å²) in [4.78, 5) is 0. The molecule has 0 spiro atoms. The molecule has 1 nitrogen and oxygen atoms in total. The van der Waals surface area contributed by atoms with Crippen LogP contribution in [-0.2, 0) is 11.3 Å². The van der Waals surface area contributed by atoms with Crippen LogP contribution in [0.2, 0.25) is 0 Å². The SMILES string of the molecule is c1ccc(COCC2CCCCS2)cc1. The second kappa shape index (κ2) is 6.19. The maximum Gasteiger partial charge on any atom is 0.0717 e. The van der Waals surface area contributed by atoms with Gasteiger partial charge in [-0.25, -0.2) is 0 Å². The summed E-state index contributed by atoms with van der Waals surface area (Å²) in [5.74, 6) is 1.32. The van der Waals surface area contributed by atoms with Crippen LogP contribution in [0.5, 0.6) is 0 Å². The minimum absolute atomic E-state index is 0.738. The molecule has 1 heterocycles. The first-order valence-electron chi connectivity index (χ1n) is 5.68. The molecule has 1 aromatic carbocycles. The Labute approximate surface area is 96.2 Å². The number of benzene rings is 1. The number of hydrogen-bond acceptors (Lipinski definition) is 2. The normalized spacial score (nSPS) is 21.5. The molecule has 1 saturated heterocycles. The molecule has 1 atom stereocenters. The number of ether oxygens (including phenoxy) is 1. The molecule has 0 radical (unpaired) electrons. The van der Waals surface area contributed by atoms with Gasteiger partial charge in [-0.1, -0.05) is 36.8 Å². The molecule has 0 aliphatic carbocycles. The lowest BCUT2D eigenvalue weighted by Gasteiger charge is -2.20. The van der Waals surface area contributed by atoms with Crippen LogP contribution in [0.25, 0.3) is 0 Å². The summed E-state index contributed by atoms with van der Waals surface area (Å²) in [5.41, 5.74) is 1.28. The zero-order valence-corrected chi connectivity index (χ0v) is 9.84. The standard InChI is InChI=1S/C13H18OS/c1-2-6-12(7-3-1)10-14-11-13-8-4-5-9-15-13/h1-3,6-7,13H,4-5,8-11H2. The van der Waals surface area contributed by atoms with E-state index in [1.165, 1.54) is 30.6 Å². The van der Waals surface area contributed by atoms with Crippen molar-refractivity contribution in [2.45, 2.75) is 31.1 Å². The van der Waals surface area contributed by atoms with Gasteiger partial charge in [-0.05, 0) is 24.2 Å². The van der Waals surface area contributed by atoms with Gasteiger partial charge in [0.2, 0.25) is 0 Å². The summed E-state index contributed by atoms with van der Waals surface area (Å²) in [6, 6.07) is 10.4. The van der Waals surface area contributed by atoms with E-state index < -0.39 is 0 Å². The smallest absolute Gasteiger partial charge is 0.0717 e. The molecule has 1 aliphatic rings. The molecule has 0 aromatic heterocycles. The molecule has 0 N–H and O–H groups in total. The van der Waals surface area contributed by atoms with Crippen molar-refractivity contribution in [3.63, 3.8) is 0 Å². The van der Waals surface area contributed by atoms with Crippen LogP contribution in [0.15, 0.2) is 30.3 Å². The third-order valence-corrected chi connectivity index (χ3v) is 4.06. The van der Waals surface area contributed by atoms with Crippen LogP contribution in [0.4, 0.5) is 0 Å². The topological polar surface area (TPSA) is 9.23 Å². The van der Waals surface area contributed by atoms with E-state index in [0.29, 0.717) is 0 Å². The Hall–Kier alpha value is -0.470. The molecule has 1 aromatic rings. The fourth-order valence-electron chi connectivity index (χ4n) is 1.82. The lowest BCUT2D eigenvalue weighted by molar-refractivity contribution is 0.119. The fourth-order valence-corrected chi connectivity index (χ4v) is 3.05. The first kappa shape index (κ1) is 11.0. The molecule has 0 saturated carbocycles.